The molecule has 3 aromatic carbocycles. The highest BCUT2D eigenvalue weighted by Crippen LogP contribution is 2.15. The molecular formula is C28H22O6. The molecule has 0 radical (unpaired) electrons. The average molecular weight is 454 g/mol. The van der Waals surface area contributed by atoms with E-state index >= 15 is 0 Å². The van der Waals surface area contributed by atoms with Crippen LogP contribution in [0.2, 0.25) is 0 Å². The predicted octanol–water partition coefficient (Wildman–Crippen LogP) is 4.97. The van der Waals surface area contributed by atoms with Crippen molar-refractivity contribution in [1.29, 1.82) is 0 Å². The number of benzene rings is 3. The highest BCUT2D eigenvalue weighted by Gasteiger charge is 2.04. The molecule has 0 amide bonds. The zero-order valence-corrected chi connectivity index (χ0v) is 18.1. The molecule has 0 aliphatic carbocycles. The Morgan fingerprint density at radius 1 is 0.647 bits per heavy atom. The summed E-state index contributed by atoms with van der Waals surface area (Å²) in [6.45, 7) is 0. The second-order valence-electron chi connectivity index (χ2n) is 7.29. The van der Waals surface area contributed by atoms with Gasteiger partial charge in [-0.25, -0.2) is 4.79 Å². The average Bonchev–Trinajstić information content (AvgIpc) is 2.82. The van der Waals surface area contributed by atoms with Crippen LogP contribution in [0.15, 0.2) is 91.0 Å². The van der Waals surface area contributed by atoms with Gasteiger partial charge in [0, 0.05) is 6.08 Å². The van der Waals surface area contributed by atoms with E-state index in [0.29, 0.717) is 16.9 Å². The smallest absolute Gasteiger partial charge is 0.336 e. The fourth-order valence-electron chi connectivity index (χ4n) is 2.84. The fourth-order valence-corrected chi connectivity index (χ4v) is 2.84. The Hall–Kier alpha value is -4.71. The van der Waals surface area contributed by atoms with E-state index in [4.69, 9.17) is 4.74 Å². The van der Waals surface area contributed by atoms with Gasteiger partial charge in [0.2, 0.25) is 0 Å². The van der Waals surface area contributed by atoms with Gasteiger partial charge in [-0.05, 0) is 71.3 Å². The molecule has 0 bridgehead atoms. The van der Waals surface area contributed by atoms with Crippen molar-refractivity contribution in [2.75, 3.05) is 0 Å². The minimum absolute atomic E-state index is 0.104. The molecule has 34 heavy (non-hydrogen) atoms. The molecule has 0 spiro atoms. The molecule has 0 aliphatic rings. The Morgan fingerprint density at radius 3 is 1.79 bits per heavy atom. The van der Waals surface area contributed by atoms with Gasteiger partial charge in [-0.1, -0.05) is 48.6 Å². The van der Waals surface area contributed by atoms with Crippen LogP contribution >= 0.6 is 0 Å². The van der Waals surface area contributed by atoms with Crippen LogP contribution in [0.25, 0.3) is 18.2 Å². The second-order valence-corrected chi connectivity index (χ2v) is 7.29. The van der Waals surface area contributed by atoms with E-state index in [2.05, 4.69) is 0 Å². The Balaban J connectivity index is 1.47. The molecule has 6 heteroatoms. The van der Waals surface area contributed by atoms with Crippen molar-refractivity contribution >= 4 is 35.8 Å². The van der Waals surface area contributed by atoms with E-state index < -0.39 is 5.97 Å². The number of carbonyl (C=O) groups is 3. The van der Waals surface area contributed by atoms with Gasteiger partial charge < -0.3 is 14.9 Å². The van der Waals surface area contributed by atoms with Crippen molar-refractivity contribution in [3.63, 3.8) is 0 Å². The number of allylic oxidation sites excluding steroid dienone is 2. The molecule has 0 unspecified atom stereocenters. The fraction of sp³-hybridized carbons (Fsp3) is 0.0357. The lowest BCUT2D eigenvalue weighted by Gasteiger charge is -2.02. The molecule has 0 heterocycles. The molecular weight excluding hydrogens is 432 g/mol. The zero-order chi connectivity index (χ0) is 24.3. The number of carbonyl (C=O) groups excluding carboxylic acids is 3. The van der Waals surface area contributed by atoms with Gasteiger partial charge >= 0.3 is 5.97 Å². The topological polar surface area (TPSA) is 101 Å². The lowest BCUT2D eigenvalue weighted by molar-refractivity contribution is -0.129. The summed E-state index contributed by atoms with van der Waals surface area (Å²) in [5.74, 6) is -0.662. The highest BCUT2D eigenvalue weighted by atomic mass is 16.5. The Labute approximate surface area is 196 Å². The van der Waals surface area contributed by atoms with Crippen LogP contribution in [-0.4, -0.2) is 27.7 Å². The molecule has 170 valence electrons. The van der Waals surface area contributed by atoms with Gasteiger partial charge in [0.05, 0.1) is 6.42 Å². The number of phenols is 2. The van der Waals surface area contributed by atoms with Crippen molar-refractivity contribution in [3.8, 4) is 17.2 Å². The summed E-state index contributed by atoms with van der Waals surface area (Å²) >= 11 is 0. The quantitative estimate of drug-likeness (QED) is 0.205. The maximum absolute atomic E-state index is 12.0. The molecule has 0 aliphatic heterocycles. The molecule has 3 rings (SSSR count). The summed E-state index contributed by atoms with van der Waals surface area (Å²) < 4.78 is 5.22. The van der Waals surface area contributed by atoms with Crippen molar-refractivity contribution in [2.24, 2.45) is 0 Å². The highest BCUT2D eigenvalue weighted by molar-refractivity contribution is 6.10. The molecule has 0 saturated carbocycles. The van der Waals surface area contributed by atoms with Crippen LogP contribution in [0.4, 0.5) is 0 Å². The van der Waals surface area contributed by atoms with Crippen LogP contribution in [0.3, 0.4) is 0 Å². The van der Waals surface area contributed by atoms with Crippen LogP contribution in [0.5, 0.6) is 17.2 Å². The third kappa shape index (κ3) is 8.09. The van der Waals surface area contributed by atoms with Gasteiger partial charge in [0.15, 0.2) is 11.6 Å². The normalized spacial score (nSPS) is 11.3. The minimum atomic E-state index is -0.569. The van der Waals surface area contributed by atoms with Gasteiger partial charge in [-0.15, -0.1) is 0 Å². The number of ketones is 2. The first-order valence-corrected chi connectivity index (χ1v) is 10.4. The number of hydrogen-bond donors (Lipinski definition) is 2. The van der Waals surface area contributed by atoms with E-state index in [1.165, 1.54) is 48.6 Å². The van der Waals surface area contributed by atoms with E-state index in [1.807, 2.05) is 0 Å². The van der Waals surface area contributed by atoms with E-state index in [1.54, 1.807) is 60.7 Å². The molecule has 6 nitrogen and oxygen atoms in total. The number of rotatable bonds is 9. The largest absolute Gasteiger partial charge is 0.508 e. The van der Waals surface area contributed by atoms with Gasteiger partial charge in [0.1, 0.15) is 17.2 Å². The molecule has 0 atom stereocenters. The third-order valence-electron chi connectivity index (χ3n) is 4.55. The first kappa shape index (κ1) is 23.9. The number of hydrogen-bond acceptors (Lipinski definition) is 6. The van der Waals surface area contributed by atoms with Gasteiger partial charge in [-0.2, -0.15) is 0 Å². The van der Waals surface area contributed by atoms with Crippen molar-refractivity contribution < 1.29 is 29.3 Å². The summed E-state index contributed by atoms with van der Waals surface area (Å²) in [4.78, 5) is 35.9. The molecule has 3 aromatic rings. The first-order chi connectivity index (χ1) is 16.4. The summed E-state index contributed by atoms with van der Waals surface area (Å²) in [5, 5.41) is 18.7. The molecule has 2 N–H and O–H groups in total. The Morgan fingerprint density at radius 2 is 1.21 bits per heavy atom. The number of aromatic hydroxyl groups is 2. The number of esters is 1. The first-order valence-electron chi connectivity index (χ1n) is 10.4. The summed E-state index contributed by atoms with van der Waals surface area (Å²) in [6.07, 6.45) is 8.35. The van der Waals surface area contributed by atoms with E-state index in [-0.39, 0.29) is 29.5 Å². The SMILES string of the molecule is O=C(/C=C/c1ccc(O)cc1)CC(=O)/C=C/c1ccc(OC(=O)/C=C/c2cccc(O)c2)cc1. The Kier molecular flexibility index (Phi) is 8.30. The maximum atomic E-state index is 12.0. The lowest BCUT2D eigenvalue weighted by atomic mass is 10.1. The molecule has 0 fully saturated rings. The monoisotopic (exact) mass is 454 g/mol. The van der Waals surface area contributed by atoms with Crippen molar-refractivity contribution in [3.05, 3.63) is 108 Å². The molecule has 0 aromatic heterocycles. The Bertz CT molecular complexity index is 1250. The van der Waals surface area contributed by atoms with Crippen LogP contribution < -0.4 is 4.74 Å². The van der Waals surface area contributed by atoms with Gasteiger partial charge in [0.25, 0.3) is 0 Å². The second kappa shape index (κ2) is 11.8. The van der Waals surface area contributed by atoms with Crippen LogP contribution in [-0.2, 0) is 14.4 Å². The lowest BCUT2D eigenvalue weighted by Crippen LogP contribution is -2.03. The van der Waals surface area contributed by atoms with Crippen molar-refractivity contribution in [2.45, 2.75) is 6.42 Å². The minimum Gasteiger partial charge on any atom is -0.508 e. The van der Waals surface area contributed by atoms with Gasteiger partial charge in [-0.3, -0.25) is 9.59 Å². The predicted molar refractivity (Wildman–Crippen MR) is 130 cm³/mol. The van der Waals surface area contributed by atoms with Crippen LogP contribution in [0.1, 0.15) is 23.1 Å². The summed E-state index contributed by atoms with van der Waals surface area (Å²) in [5.41, 5.74) is 2.11. The number of phenolic OH excluding ortho intramolecular Hbond substituents is 2. The number of ether oxygens (including phenoxy) is 1. The summed E-state index contributed by atoms with van der Waals surface area (Å²) in [7, 11) is 0. The van der Waals surface area contributed by atoms with Crippen LogP contribution in [0, 0.1) is 0 Å². The maximum Gasteiger partial charge on any atom is 0.336 e. The molecule has 0 saturated heterocycles. The van der Waals surface area contributed by atoms with Crippen molar-refractivity contribution in [1.82, 2.24) is 0 Å². The standard InChI is InChI=1S/C28H22O6/c29-23-11-4-20(5-12-23)6-13-25(31)19-26(32)14-7-21-8-15-27(16-9-21)34-28(33)17-10-22-2-1-3-24(30)18-22/h1-18,29-30H,19H2/b13-6+,14-7+,17-10+. The van der Waals surface area contributed by atoms with E-state index in [0.717, 1.165) is 5.56 Å². The third-order valence-corrected chi connectivity index (χ3v) is 4.55. The van der Waals surface area contributed by atoms with E-state index in [9.17, 15) is 24.6 Å². The zero-order valence-electron chi connectivity index (χ0n) is 18.1. The summed E-state index contributed by atoms with van der Waals surface area (Å²) in [6, 6.07) is 19.4.